The van der Waals surface area contributed by atoms with Crippen molar-refractivity contribution in [1.82, 2.24) is 0 Å². The number of urea groups is 1. The van der Waals surface area contributed by atoms with Gasteiger partial charge in [-0.2, -0.15) is 0 Å². The first-order chi connectivity index (χ1) is 9.70. The van der Waals surface area contributed by atoms with E-state index in [1.165, 1.54) is 0 Å². The minimum atomic E-state index is -0.262. The van der Waals surface area contributed by atoms with E-state index < -0.39 is 0 Å². The predicted octanol–water partition coefficient (Wildman–Crippen LogP) is 4.03. The first-order valence-corrected chi connectivity index (χ1v) is 7.09. The lowest BCUT2D eigenvalue weighted by atomic mass is 10.1. The SMILES string of the molecule is O=C(Nc1cccc(Br)c1)Nc1ccc2c(c1)CCO2. The van der Waals surface area contributed by atoms with Gasteiger partial charge in [-0.05, 0) is 42.0 Å². The fourth-order valence-corrected chi connectivity index (χ4v) is 2.52. The number of nitrogens with one attached hydrogen (secondary N) is 2. The summed E-state index contributed by atoms with van der Waals surface area (Å²) in [5, 5.41) is 5.61. The second-order valence-electron chi connectivity index (χ2n) is 4.51. The van der Waals surface area contributed by atoms with Gasteiger partial charge < -0.3 is 15.4 Å². The molecular weight excluding hydrogens is 320 g/mol. The van der Waals surface area contributed by atoms with Crippen LogP contribution in [0.15, 0.2) is 46.9 Å². The number of rotatable bonds is 2. The summed E-state index contributed by atoms with van der Waals surface area (Å²) in [7, 11) is 0. The molecule has 2 aromatic carbocycles. The van der Waals surface area contributed by atoms with Crippen LogP contribution in [0.4, 0.5) is 16.2 Å². The highest BCUT2D eigenvalue weighted by molar-refractivity contribution is 9.10. The van der Waals surface area contributed by atoms with Gasteiger partial charge in [0.2, 0.25) is 0 Å². The number of hydrogen-bond acceptors (Lipinski definition) is 2. The number of carbonyl (C=O) groups excluding carboxylic acids is 1. The van der Waals surface area contributed by atoms with Crippen LogP contribution in [0.25, 0.3) is 0 Å². The molecule has 0 bridgehead atoms. The molecule has 1 aliphatic heterocycles. The van der Waals surface area contributed by atoms with Crippen LogP contribution >= 0.6 is 15.9 Å². The molecule has 4 nitrogen and oxygen atoms in total. The van der Waals surface area contributed by atoms with Crippen molar-refractivity contribution < 1.29 is 9.53 Å². The van der Waals surface area contributed by atoms with E-state index in [0.29, 0.717) is 6.61 Å². The number of benzene rings is 2. The van der Waals surface area contributed by atoms with Crippen molar-refractivity contribution in [2.45, 2.75) is 6.42 Å². The smallest absolute Gasteiger partial charge is 0.323 e. The summed E-state index contributed by atoms with van der Waals surface area (Å²) in [6.45, 7) is 0.711. The van der Waals surface area contributed by atoms with Gasteiger partial charge in [-0.1, -0.05) is 22.0 Å². The highest BCUT2D eigenvalue weighted by Gasteiger charge is 2.12. The van der Waals surface area contributed by atoms with Crippen LogP contribution in [0.1, 0.15) is 5.56 Å². The van der Waals surface area contributed by atoms with Gasteiger partial charge in [-0.15, -0.1) is 0 Å². The zero-order valence-corrected chi connectivity index (χ0v) is 12.2. The third-order valence-electron chi connectivity index (χ3n) is 3.03. The Hall–Kier alpha value is -2.01. The maximum atomic E-state index is 11.9. The van der Waals surface area contributed by atoms with Gasteiger partial charge in [0.25, 0.3) is 0 Å². The standard InChI is InChI=1S/C15H13BrN2O2/c16-11-2-1-3-12(9-11)17-15(19)18-13-4-5-14-10(8-13)6-7-20-14/h1-5,8-9H,6-7H2,(H2,17,18,19). The second-order valence-corrected chi connectivity index (χ2v) is 5.43. The van der Waals surface area contributed by atoms with Crippen molar-refractivity contribution in [3.05, 3.63) is 52.5 Å². The van der Waals surface area contributed by atoms with Crippen molar-refractivity contribution in [2.75, 3.05) is 17.2 Å². The third-order valence-corrected chi connectivity index (χ3v) is 3.52. The molecule has 2 aromatic rings. The van der Waals surface area contributed by atoms with Crippen LogP contribution < -0.4 is 15.4 Å². The third kappa shape index (κ3) is 2.93. The topological polar surface area (TPSA) is 50.4 Å². The molecule has 2 N–H and O–H groups in total. The summed E-state index contributed by atoms with van der Waals surface area (Å²) in [6, 6.07) is 12.9. The first kappa shape index (κ1) is 13.0. The lowest BCUT2D eigenvalue weighted by Crippen LogP contribution is -2.19. The summed E-state index contributed by atoms with van der Waals surface area (Å²) in [4.78, 5) is 11.9. The van der Waals surface area contributed by atoms with E-state index in [4.69, 9.17) is 4.74 Å². The van der Waals surface area contributed by atoms with Gasteiger partial charge >= 0.3 is 6.03 Å². The zero-order chi connectivity index (χ0) is 13.9. The van der Waals surface area contributed by atoms with Crippen LogP contribution in [0.3, 0.4) is 0 Å². The molecule has 1 aliphatic rings. The highest BCUT2D eigenvalue weighted by atomic mass is 79.9. The number of hydrogen-bond donors (Lipinski definition) is 2. The number of fused-ring (bicyclic) bond motifs is 1. The molecule has 0 unspecified atom stereocenters. The molecule has 0 atom stereocenters. The van der Waals surface area contributed by atoms with Crippen LogP contribution in [-0.4, -0.2) is 12.6 Å². The average molecular weight is 333 g/mol. The van der Waals surface area contributed by atoms with E-state index in [9.17, 15) is 4.79 Å². The molecule has 0 spiro atoms. The first-order valence-electron chi connectivity index (χ1n) is 6.30. The Kier molecular flexibility index (Phi) is 3.60. The molecule has 0 saturated heterocycles. The van der Waals surface area contributed by atoms with E-state index in [1.54, 1.807) is 0 Å². The highest BCUT2D eigenvalue weighted by Crippen LogP contribution is 2.27. The number of carbonyl (C=O) groups is 1. The van der Waals surface area contributed by atoms with E-state index in [0.717, 1.165) is 33.6 Å². The van der Waals surface area contributed by atoms with Gasteiger partial charge in [0.1, 0.15) is 5.75 Å². The molecule has 5 heteroatoms. The van der Waals surface area contributed by atoms with Gasteiger partial charge in [0.05, 0.1) is 6.61 Å². The van der Waals surface area contributed by atoms with Gasteiger partial charge in [-0.3, -0.25) is 0 Å². The molecule has 0 aliphatic carbocycles. The van der Waals surface area contributed by atoms with Crippen molar-refractivity contribution in [3.63, 3.8) is 0 Å². The van der Waals surface area contributed by atoms with E-state index in [-0.39, 0.29) is 6.03 Å². The summed E-state index contributed by atoms with van der Waals surface area (Å²) >= 11 is 3.37. The lowest BCUT2D eigenvalue weighted by molar-refractivity contribution is 0.262. The maximum Gasteiger partial charge on any atom is 0.323 e. The number of anilines is 2. The Morgan fingerprint density at radius 3 is 2.70 bits per heavy atom. The maximum absolute atomic E-state index is 11.9. The van der Waals surface area contributed by atoms with Crippen LogP contribution in [0.5, 0.6) is 5.75 Å². The fraction of sp³-hybridized carbons (Fsp3) is 0.133. The molecule has 0 fully saturated rings. The normalized spacial score (nSPS) is 12.4. The minimum Gasteiger partial charge on any atom is -0.493 e. The van der Waals surface area contributed by atoms with E-state index in [1.807, 2.05) is 42.5 Å². The average Bonchev–Trinajstić information content (AvgIpc) is 2.86. The predicted molar refractivity (Wildman–Crippen MR) is 82.4 cm³/mol. The van der Waals surface area contributed by atoms with Crippen molar-refractivity contribution in [3.8, 4) is 5.75 Å². The summed E-state index contributed by atoms with van der Waals surface area (Å²) in [5.41, 5.74) is 2.63. The Morgan fingerprint density at radius 1 is 1.10 bits per heavy atom. The summed E-state index contributed by atoms with van der Waals surface area (Å²) in [6.07, 6.45) is 0.887. The van der Waals surface area contributed by atoms with Gasteiger partial charge in [0.15, 0.2) is 0 Å². The van der Waals surface area contributed by atoms with E-state index in [2.05, 4.69) is 26.6 Å². The molecular formula is C15H13BrN2O2. The van der Waals surface area contributed by atoms with Crippen molar-refractivity contribution >= 4 is 33.3 Å². The van der Waals surface area contributed by atoms with Crippen molar-refractivity contribution in [2.24, 2.45) is 0 Å². The fourth-order valence-electron chi connectivity index (χ4n) is 2.12. The molecule has 0 radical (unpaired) electrons. The monoisotopic (exact) mass is 332 g/mol. The number of halogens is 1. The second kappa shape index (κ2) is 5.54. The molecule has 2 amide bonds. The lowest BCUT2D eigenvalue weighted by Gasteiger charge is -2.09. The molecule has 1 heterocycles. The molecule has 20 heavy (non-hydrogen) atoms. The van der Waals surface area contributed by atoms with Crippen molar-refractivity contribution in [1.29, 1.82) is 0 Å². The van der Waals surface area contributed by atoms with Crippen LogP contribution in [0.2, 0.25) is 0 Å². The quantitative estimate of drug-likeness (QED) is 0.872. The Bertz CT molecular complexity index is 658. The Balaban J connectivity index is 1.67. The zero-order valence-electron chi connectivity index (χ0n) is 10.7. The molecule has 102 valence electrons. The largest absolute Gasteiger partial charge is 0.493 e. The van der Waals surface area contributed by atoms with Crippen LogP contribution in [0, 0.1) is 0 Å². The summed E-state index contributed by atoms with van der Waals surface area (Å²) < 4.78 is 6.35. The molecule has 0 aromatic heterocycles. The molecule has 0 saturated carbocycles. The Labute approximate surface area is 125 Å². The summed E-state index contributed by atoms with van der Waals surface area (Å²) in [5.74, 6) is 0.906. The number of ether oxygens (including phenoxy) is 1. The Morgan fingerprint density at radius 2 is 1.90 bits per heavy atom. The minimum absolute atomic E-state index is 0.262. The molecule has 3 rings (SSSR count). The van der Waals surface area contributed by atoms with Crippen LogP contribution in [-0.2, 0) is 6.42 Å². The number of amides is 2. The van der Waals surface area contributed by atoms with Gasteiger partial charge in [-0.25, -0.2) is 4.79 Å². The van der Waals surface area contributed by atoms with E-state index >= 15 is 0 Å². The van der Waals surface area contributed by atoms with Gasteiger partial charge in [0, 0.05) is 22.3 Å².